The first-order chi connectivity index (χ1) is 9.63. The van der Waals surface area contributed by atoms with E-state index < -0.39 is 5.82 Å². The summed E-state index contributed by atoms with van der Waals surface area (Å²) in [6.45, 7) is 0. The minimum atomic E-state index is -0.417. The van der Waals surface area contributed by atoms with E-state index >= 15 is 0 Å². The third kappa shape index (κ3) is 2.50. The predicted molar refractivity (Wildman–Crippen MR) is 87.4 cm³/mol. The van der Waals surface area contributed by atoms with E-state index in [-0.39, 0.29) is 10.6 Å². The van der Waals surface area contributed by atoms with Gasteiger partial charge in [0.1, 0.15) is 10.8 Å². The topological polar surface area (TPSA) is 38.0 Å². The molecular formula is C15H11FN2S2. The van der Waals surface area contributed by atoms with Crippen molar-refractivity contribution in [3.63, 3.8) is 0 Å². The highest BCUT2D eigenvalue weighted by atomic mass is 32.1. The molecule has 0 aliphatic carbocycles. The van der Waals surface area contributed by atoms with Gasteiger partial charge in [-0.2, -0.15) is 0 Å². The maximum Gasteiger partial charge on any atom is 0.135 e. The van der Waals surface area contributed by atoms with Crippen LogP contribution in [-0.2, 0) is 0 Å². The molecular weight excluding hydrogens is 291 g/mol. The van der Waals surface area contributed by atoms with Crippen molar-refractivity contribution >= 4 is 50.0 Å². The molecule has 3 N–H and O–H groups in total. The summed E-state index contributed by atoms with van der Waals surface area (Å²) in [4.78, 5) is 0.0637. The molecule has 0 saturated heterocycles. The Morgan fingerprint density at radius 3 is 2.60 bits per heavy atom. The fourth-order valence-corrected chi connectivity index (χ4v) is 2.94. The number of fused-ring (bicyclic) bond motifs is 1. The molecule has 0 aliphatic rings. The molecule has 0 amide bonds. The van der Waals surface area contributed by atoms with E-state index in [0.717, 1.165) is 5.69 Å². The first kappa shape index (κ1) is 13.0. The number of benzene rings is 2. The van der Waals surface area contributed by atoms with Gasteiger partial charge in [0.05, 0.1) is 0 Å². The second-order valence-corrected chi connectivity index (χ2v) is 5.74. The normalized spacial score (nSPS) is 10.7. The van der Waals surface area contributed by atoms with Crippen molar-refractivity contribution < 1.29 is 4.39 Å². The lowest BCUT2D eigenvalue weighted by Gasteiger charge is -2.08. The number of nitrogens with one attached hydrogen (secondary N) is 1. The lowest BCUT2D eigenvalue weighted by molar-refractivity contribution is 0.626. The van der Waals surface area contributed by atoms with Crippen LogP contribution in [0, 0.1) is 5.82 Å². The number of thiocarbonyl (C=S) groups is 1. The lowest BCUT2D eigenvalue weighted by atomic mass is 10.2. The minimum absolute atomic E-state index is 0.0637. The molecule has 3 aromatic rings. The number of rotatable bonds is 3. The van der Waals surface area contributed by atoms with Crippen LogP contribution in [0.5, 0.6) is 0 Å². The van der Waals surface area contributed by atoms with Crippen LogP contribution in [0.2, 0.25) is 0 Å². The average Bonchev–Trinajstić information content (AvgIpc) is 2.85. The Morgan fingerprint density at radius 2 is 1.85 bits per heavy atom. The molecule has 0 unspecified atom stereocenters. The molecule has 0 fully saturated rings. The molecule has 2 nitrogen and oxygen atoms in total. The Kier molecular flexibility index (Phi) is 3.38. The highest BCUT2D eigenvalue weighted by Crippen LogP contribution is 2.26. The van der Waals surface area contributed by atoms with Crippen LogP contribution in [0.3, 0.4) is 0 Å². The van der Waals surface area contributed by atoms with Gasteiger partial charge in [0.15, 0.2) is 0 Å². The molecule has 100 valence electrons. The largest absolute Gasteiger partial charge is 0.389 e. The Morgan fingerprint density at radius 1 is 1.10 bits per heavy atom. The summed E-state index contributed by atoms with van der Waals surface area (Å²) in [5.74, 6) is -0.417. The van der Waals surface area contributed by atoms with Crippen LogP contribution in [0.15, 0.2) is 47.8 Å². The number of anilines is 2. The zero-order chi connectivity index (χ0) is 14.1. The average molecular weight is 302 g/mol. The summed E-state index contributed by atoms with van der Waals surface area (Å²) >= 11 is 6.48. The molecule has 1 heterocycles. The van der Waals surface area contributed by atoms with Crippen molar-refractivity contribution in [2.45, 2.75) is 0 Å². The van der Waals surface area contributed by atoms with E-state index in [4.69, 9.17) is 18.0 Å². The highest BCUT2D eigenvalue weighted by Gasteiger charge is 2.06. The highest BCUT2D eigenvalue weighted by molar-refractivity contribution is 7.80. The molecule has 0 atom stereocenters. The van der Waals surface area contributed by atoms with Crippen molar-refractivity contribution in [1.82, 2.24) is 0 Å². The maximum atomic E-state index is 13.8. The zero-order valence-corrected chi connectivity index (χ0v) is 12.0. The number of hydrogen-bond acceptors (Lipinski definition) is 3. The van der Waals surface area contributed by atoms with Gasteiger partial charge >= 0.3 is 0 Å². The monoisotopic (exact) mass is 302 g/mol. The molecule has 3 rings (SSSR count). The fraction of sp³-hybridized carbons (Fsp3) is 0. The first-order valence-corrected chi connectivity index (χ1v) is 7.26. The number of halogens is 1. The molecule has 0 spiro atoms. The molecule has 0 aliphatic heterocycles. The zero-order valence-electron chi connectivity index (χ0n) is 10.4. The van der Waals surface area contributed by atoms with E-state index in [1.165, 1.54) is 16.2 Å². The van der Waals surface area contributed by atoms with Gasteiger partial charge in [-0.05, 0) is 53.2 Å². The van der Waals surface area contributed by atoms with Gasteiger partial charge in [-0.3, -0.25) is 0 Å². The Balaban J connectivity index is 1.90. The SMILES string of the molecule is NC(=S)c1ccc(Nc2ccc3sccc3c2)cc1F. The maximum absolute atomic E-state index is 13.8. The van der Waals surface area contributed by atoms with Gasteiger partial charge < -0.3 is 11.1 Å². The van der Waals surface area contributed by atoms with Gasteiger partial charge in [-0.15, -0.1) is 11.3 Å². The Bertz CT molecular complexity index is 795. The van der Waals surface area contributed by atoms with Crippen LogP contribution in [0.1, 0.15) is 5.56 Å². The second-order valence-electron chi connectivity index (χ2n) is 4.36. The molecule has 2 aromatic carbocycles. The van der Waals surface area contributed by atoms with Gasteiger partial charge in [-0.25, -0.2) is 4.39 Å². The number of nitrogens with two attached hydrogens (primary N) is 1. The molecule has 0 radical (unpaired) electrons. The van der Waals surface area contributed by atoms with E-state index in [0.29, 0.717) is 5.69 Å². The van der Waals surface area contributed by atoms with Crippen LogP contribution < -0.4 is 11.1 Å². The quantitative estimate of drug-likeness (QED) is 0.703. The Hall–Kier alpha value is -1.98. The van der Waals surface area contributed by atoms with Crippen molar-refractivity contribution in [2.24, 2.45) is 5.73 Å². The first-order valence-electron chi connectivity index (χ1n) is 5.97. The standard InChI is InChI=1S/C15H11FN2S2/c16-13-8-11(1-3-12(13)15(17)19)18-10-2-4-14-9(7-10)5-6-20-14/h1-8,18H,(H2,17,19). The molecule has 0 saturated carbocycles. The van der Waals surface area contributed by atoms with Gasteiger partial charge in [-0.1, -0.05) is 12.2 Å². The summed E-state index contributed by atoms with van der Waals surface area (Å²) in [5, 5.41) is 6.39. The third-order valence-corrected chi connectivity index (χ3v) is 4.09. The van der Waals surface area contributed by atoms with E-state index in [9.17, 15) is 4.39 Å². The van der Waals surface area contributed by atoms with Crippen molar-refractivity contribution in [3.05, 3.63) is 59.2 Å². The van der Waals surface area contributed by atoms with Gasteiger partial charge in [0.2, 0.25) is 0 Å². The minimum Gasteiger partial charge on any atom is -0.389 e. The van der Waals surface area contributed by atoms with Crippen molar-refractivity contribution in [1.29, 1.82) is 0 Å². The summed E-state index contributed by atoms with van der Waals surface area (Å²) in [5.41, 5.74) is 7.28. The number of thiophene rings is 1. The summed E-state index contributed by atoms with van der Waals surface area (Å²) in [6.07, 6.45) is 0. The van der Waals surface area contributed by atoms with Crippen LogP contribution >= 0.6 is 23.6 Å². The predicted octanol–water partition coefficient (Wildman–Crippen LogP) is 4.42. The molecule has 1 aromatic heterocycles. The molecule has 5 heteroatoms. The van der Waals surface area contributed by atoms with Crippen molar-refractivity contribution in [2.75, 3.05) is 5.32 Å². The van der Waals surface area contributed by atoms with Gasteiger partial charge in [0, 0.05) is 21.6 Å². The molecule has 20 heavy (non-hydrogen) atoms. The summed E-state index contributed by atoms with van der Waals surface area (Å²) in [7, 11) is 0. The summed E-state index contributed by atoms with van der Waals surface area (Å²) in [6, 6.07) is 12.8. The van der Waals surface area contributed by atoms with Crippen LogP contribution in [0.4, 0.5) is 15.8 Å². The van der Waals surface area contributed by atoms with E-state index in [2.05, 4.69) is 11.4 Å². The van der Waals surface area contributed by atoms with Crippen LogP contribution in [0.25, 0.3) is 10.1 Å². The molecule has 0 bridgehead atoms. The fourth-order valence-electron chi connectivity index (χ4n) is 2.00. The second kappa shape index (κ2) is 5.19. The van der Waals surface area contributed by atoms with Crippen molar-refractivity contribution in [3.8, 4) is 0 Å². The number of hydrogen-bond donors (Lipinski definition) is 2. The van der Waals surface area contributed by atoms with Crippen LogP contribution in [-0.4, -0.2) is 4.99 Å². The Labute approximate surface area is 125 Å². The van der Waals surface area contributed by atoms with E-state index in [1.54, 1.807) is 23.5 Å². The smallest absolute Gasteiger partial charge is 0.135 e. The third-order valence-electron chi connectivity index (χ3n) is 2.98. The lowest BCUT2D eigenvalue weighted by Crippen LogP contribution is -2.11. The summed E-state index contributed by atoms with van der Waals surface area (Å²) < 4.78 is 15.0. The van der Waals surface area contributed by atoms with Gasteiger partial charge in [0.25, 0.3) is 0 Å². The van der Waals surface area contributed by atoms with E-state index in [1.807, 2.05) is 23.6 Å².